The van der Waals surface area contributed by atoms with Crippen LogP contribution >= 0.6 is 11.3 Å². The fourth-order valence-electron chi connectivity index (χ4n) is 1.07. The van der Waals surface area contributed by atoms with Crippen molar-refractivity contribution in [2.24, 2.45) is 0 Å². The number of amides is 1. The molecule has 1 rings (SSSR count). The maximum absolute atomic E-state index is 11.7. The molecule has 0 radical (unpaired) electrons. The van der Waals surface area contributed by atoms with Gasteiger partial charge in [0.05, 0.1) is 15.0 Å². The summed E-state index contributed by atoms with van der Waals surface area (Å²) < 4.78 is 12.5. The molecule has 0 N–H and O–H groups in total. The van der Waals surface area contributed by atoms with Crippen molar-refractivity contribution in [2.45, 2.75) is 17.1 Å². The lowest BCUT2D eigenvalue weighted by molar-refractivity contribution is -0.128. The predicted octanol–water partition coefficient (Wildman–Crippen LogP) is 1.72. The summed E-state index contributed by atoms with van der Waals surface area (Å²) in [6.07, 6.45) is 1.16. The van der Waals surface area contributed by atoms with E-state index in [9.17, 15) is 9.00 Å². The van der Waals surface area contributed by atoms with E-state index in [1.807, 2.05) is 17.5 Å². The summed E-state index contributed by atoms with van der Waals surface area (Å²) in [6, 6.07) is 3.76. The minimum atomic E-state index is -0.934. The van der Waals surface area contributed by atoms with Crippen LogP contribution in [0.25, 0.3) is 0 Å². The summed E-state index contributed by atoms with van der Waals surface area (Å²) in [6.45, 7) is 0. The highest BCUT2D eigenvalue weighted by Gasteiger charge is 2.07. The Morgan fingerprint density at radius 3 is 2.80 bits per heavy atom. The molecule has 84 valence electrons. The average Bonchev–Trinajstić information content (AvgIpc) is 2.70. The van der Waals surface area contributed by atoms with Crippen molar-refractivity contribution in [1.82, 2.24) is 4.90 Å². The summed E-state index contributed by atoms with van der Waals surface area (Å²) in [7, 11) is 2.54. The van der Waals surface area contributed by atoms with Crippen molar-refractivity contribution in [3.05, 3.63) is 17.5 Å². The monoisotopic (exact) mass is 245 g/mol. The zero-order chi connectivity index (χ0) is 11.3. The van der Waals surface area contributed by atoms with E-state index >= 15 is 0 Å². The summed E-state index contributed by atoms with van der Waals surface area (Å²) in [5, 5.41) is 1.91. The lowest BCUT2D eigenvalue weighted by atomic mass is 10.3. The van der Waals surface area contributed by atoms with Crippen LogP contribution in [0, 0.1) is 0 Å². The molecule has 1 atom stereocenters. The first-order valence-corrected chi connectivity index (χ1v) is 6.93. The van der Waals surface area contributed by atoms with Crippen molar-refractivity contribution in [2.75, 3.05) is 19.8 Å². The molecule has 1 aromatic heterocycles. The molecule has 1 amide bonds. The van der Waals surface area contributed by atoms with Crippen LogP contribution in [0.1, 0.15) is 12.8 Å². The first-order chi connectivity index (χ1) is 7.11. The van der Waals surface area contributed by atoms with Gasteiger partial charge in [0, 0.05) is 26.3 Å². The highest BCUT2D eigenvalue weighted by molar-refractivity contribution is 7.87. The highest BCUT2D eigenvalue weighted by atomic mass is 32.2. The summed E-state index contributed by atoms with van der Waals surface area (Å²) >= 11 is 1.50. The summed E-state index contributed by atoms with van der Waals surface area (Å²) in [5.74, 6) is 0.665. The van der Waals surface area contributed by atoms with Crippen LogP contribution in [-0.4, -0.2) is 34.9 Å². The number of hydrogen-bond donors (Lipinski definition) is 0. The van der Waals surface area contributed by atoms with Crippen molar-refractivity contribution in [3.8, 4) is 0 Å². The van der Waals surface area contributed by atoms with E-state index in [4.69, 9.17) is 0 Å². The van der Waals surface area contributed by atoms with Crippen LogP contribution in [0.2, 0.25) is 0 Å². The molecule has 1 aromatic rings. The Kier molecular flexibility index (Phi) is 4.98. The molecular weight excluding hydrogens is 230 g/mol. The highest BCUT2D eigenvalue weighted by Crippen LogP contribution is 2.14. The maximum Gasteiger partial charge on any atom is 0.222 e. The Morgan fingerprint density at radius 2 is 2.27 bits per heavy atom. The van der Waals surface area contributed by atoms with Gasteiger partial charge in [0.15, 0.2) is 0 Å². The van der Waals surface area contributed by atoms with E-state index in [1.54, 1.807) is 19.0 Å². The second-order valence-corrected chi connectivity index (χ2v) is 6.12. The third kappa shape index (κ3) is 4.13. The molecule has 0 fully saturated rings. The molecule has 0 aliphatic heterocycles. The Bertz CT molecular complexity index is 333. The van der Waals surface area contributed by atoms with Gasteiger partial charge in [0.2, 0.25) is 5.91 Å². The molecule has 3 nitrogen and oxygen atoms in total. The standard InChI is InChI=1S/C10H15NO2S2/c1-11(2)9(12)5-4-8-15(13)10-6-3-7-14-10/h3,6-7H,4-5,8H2,1-2H3/t15-/m1/s1. The fraction of sp³-hybridized carbons (Fsp3) is 0.500. The van der Waals surface area contributed by atoms with Gasteiger partial charge in [-0.1, -0.05) is 6.07 Å². The van der Waals surface area contributed by atoms with E-state index < -0.39 is 10.8 Å². The zero-order valence-electron chi connectivity index (χ0n) is 8.93. The first kappa shape index (κ1) is 12.4. The summed E-state index contributed by atoms with van der Waals surface area (Å²) in [5.41, 5.74) is 0. The van der Waals surface area contributed by atoms with Gasteiger partial charge < -0.3 is 4.90 Å². The smallest absolute Gasteiger partial charge is 0.222 e. The van der Waals surface area contributed by atoms with E-state index in [0.717, 1.165) is 4.21 Å². The minimum absolute atomic E-state index is 0.0955. The Hall–Kier alpha value is -0.680. The van der Waals surface area contributed by atoms with E-state index in [1.165, 1.54) is 11.3 Å². The predicted molar refractivity (Wildman–Crippen MR) is 63.5 cm³/mol. The van der Waals surface area contributed by atoms with Crippen LogP contribution in [0.15, 0.2) is 21.7 Å². The molecule has 0 bridgehead atoms. The molecular formula is C10H15NO2S2. The van der Waals surface area contributed by atoms with Gasteiger partial charge in [-0.05, 0) is 17.9 Å². The van der Waals surface area contributed by atoms with E-state index in [0.29, 0.717) is 18.6 Å². The number of hydrogen-bond acceptors (Lipinski definition) is 3. The zero-order valence-corrected chi connectivity index (χ0v) is 10.6. The number of carbonyl (C=O) groups is 1. The molecule has 0 saturated carbocycles. The molecule has 0 saturated heterocycles. The second kappa shape index (κ2) is 6.02. The lowest BCUT2D eigenvalue weighted by Crippen LogP contribution is -2.21. The van der Waals surface area contributed by atoms with Gasteiger partial charge >= 0.3 is 0 Å². The number of nitrogens with zero attached hydrogens (tertiary/aromatic N) is 1. The largest absolute Gasteiger partial charge is 0.349 e. The molecule has 0 aliphatic rings. The molecule has 0 spiro atoms. The van der Waals surface area contributed by atoms with Gasteiger partial charge in [0.1, 0.15) is 0 Å². The van der Waals surface area contributed by atoms with E-state index in [-0.39, 0.29) is 5.91 Å². The van der Waals surface area contributed by atoms with Crippen LogP contribution in [0.4, 0.5) is 0 Å². The average molecular weight is 245 g/mol. The van der Waals surface area contributed by atoms with Crippen molar-refractivity contribution < 1.29 is 9.00 Å². The topological polar surface area (TPSA) is 37.4 Å². The van der Waals surface area contributed by atoms with Gasteiger partial charge in [-0.15, -0.1) is 11.3 Å². The van der Waals surface area contributed by atoms with Crippen LogP contribution in [-0.2, 0) is 15.6 Å². The van der Waals surface area contributed by atoms with Gasteiger partial charge in [-0.3, -0.25) is 9.00 Å². The number of thiophene rings is 1. The Balaban J connectivity index is 2.27. The van der Waals surface area contributed by atoms with Crippen LogP contribution in [0.5, 0.6) is 0 Å². The quantitative estimate of drug-likeness (QED) is 0.792. The Morgan fingerprint density at radius 1 is 1.53 bits per heavy atom. The molecule has 0 aliphatic carbocycles. The number of rotatable bonds is 5. The first-order valence-electron chi connectivity index (χ1n) is 4.73. The molecule has 0 unspecified atom stereocenters. The van der Waals surface area contributed by atoms with Gasteiger partial charge in [0.25, 0.3) is 0 Å². The fourth-order valence-corrected chi connectivity index (χ4v) is 3.20. The Labute approximate surface area is 96.6 Å². The minimum Gasteiger partial charge on any atom is -0.349 e. The van der Waals surface area contributed by atoms with Crippen molar-refractivity contribution >= 4 is 28.0 Å². The third-order valence-electron chi connectivity index (χ3n) is 1.94. The van der Waals surface area contributed by atoms with Gasteiger partial charge in [-0.25, -0.2) is 0 Å². The lowest BCUT2D eigenvalue weighted by Gasteiger charge is -2.09. The normalized spacial score (nSPS) is 12.4. The second-order valence-electron chi connectivity index (χ2n) is 3.37. The van der Waals surface area contributed by atoms with Crippen molar-refractivity contribution in [1.29, 1.82) is 0 Å². The van der Waals surface area contributed by atoms with E-state index in [2.05, 4.69) is 0 Å². The van der Waals surface area contributed by atoms with Crippen LogP contribution < -0.4 is 0 Å². The maximum atomic E-state index is 11.7. The molecule has 15 heavy (non-hydrogen) atoms. The summed E-state index contributed by atoms with van der Waals surface area (Å²) in [4.78, 5) is 12.8. The van der Waals surface area contributed by atoms with Gasteiger partial charge in [-0.2, -0.15) is 0 Å². The van der Waals surface area contributed by atoms with Crippen molar-refractivity contribution in [3.63, 3.8) is 0 Å². The molecule has 0 aromatic carbocycles. The van der Waals surface area contributed by atoms with Crippen LogP contribution in [0.3, 0.4) is 0 Å². The third-order valence-corrected chi connectivity index (χ3v) is 4.69. The SMILES string of the molecule is CN(C)C(=O)CCC[S@@](=O)c1cccs1. The molecule has 5 heteroatoms. The molecule has 1 heterocycles. The number of carbonyl (C=O) groups excluding carboxylic acids is 1.